The second-order valence-electron chi connectivity index (χ2n) is 4.18. The number of fused-ring (bicyclic) bond motifs is 1. The monoisotopic (exact) mass is 283 g/mol. The molecule has 106 valence electrons. The molecule has 0 fully saturated rings. The summed E-state index contributed by atoms with van der Waals surface area (Å²) in [5, 5.41) is 28.1. The molecule has 1 aromatic heterocycles. The summed E-state index contributed by atoms with van der Waals surface area (Å²) >= 11 is 0. The van der Waals surface area contributed by atoms with Crippen molar-refractivity contribution in [3.63, 3.8) is 0 Å². The third kappa shape index (κ3) is 3.27. The molecular weight excluding hydrogens is 270 g/mol. The molecule has 0 spiro atoms. The van der Waals surface area contributed by atoms with Crippen molar-refractivity contribution < 1.29 is 20.1 Å². The van der Waals surface area contributed by atoms with Gasteiger partial charge in [0.15, 0.2) is 6.29 Å². The maximum Gasteiger partial charge on any atom is 0.157 e. The van der Waals surface area contributed by atoms with E-state index in [0.29, 0.717) is 11.8 Å². The Bertz CT molecular complexity index is 746. The fraction of sp³-hybridized carbons (Fsp3) is 0. The zero-order valence-electron chi connectivity index (χ0n) is 11.0. The molecule has 2 aromatic carbocycles. The molecule has 0 bridgehead atoms. The molecule has 0 saturated carbocycles. The van der Waals surface area contributed by atoms with Gasteiger partial charge in [0.05, 0.1) is 5.56 Å². The van der Waals surface area contributed by atoms with Gasteiger partial charge in [0.1, 0.15) is 22.8 Å². The van der Waals surface area contributed by atoms with Crippen molar-refractivity contribution in [3.8, 4) is 17.2 Å². The molecule has 21 heavy (non-hydrogen) atoms. The molecule has 3 rings (SSSR count). The summed E-state index contributed by atoms with van der Waals surface area (Å²) in [7, 11) is 0. The summed E-state index contributed by atoms with van der Waals surface area (Å²) in [5.74, 6) is -0.159. The number of phenols is 3. The summed E-state index contributed by atoms with van der Waals surface area (Å²) < 4.78 is 0. The van der Waals surface area contributed by atoms with Gasteiger partial charge in [0.2, 0.25) is 0 Å². The Morgan fingerprint density at radius 1 is 0.810 bits per heavy atom. The van der Waals surface area contributed by atoms with Gasteiger partial charge < -0.3 is 15.3 Å². The lowest BCUT2D eigenvalue weighted by atomic mass is 10.2. The SMILES string of the molecule is O=Cc1c(O)cccc1O.Oc1cccc2cccnc12. The molecule has 0 unspecified atom stereocenters. The number of benzene rings is 2. The van der Waals surface area contributed by atoms with Crippen molar-refractivity contribution in [1.82, 2.24) is 4.98 Å². The molecule has 3 aromatic rings. The summed E-state index contributed by atoms with van der Waals surface area (Å²) in [4.78, 5) is 14.2. The van der Waals surface area contributed by atoms with Crippen molar-refractivity contribution in [2.75, 3.05) is 0 Å². The minimum atomic E-state index is -0.199. The third-order valence-electron chi connectivity index (χ3n) is 2.79. The first kappa shape index (κ1) is 14.3. The van der Waals surface area contributed by atoms with Crippen LogP contribution < -0.4 is 0 Å². The highest BCUT2D eigenvalue weighted by Crippen LogP contribution is 2.23. The topological polar surface area (TPSA) is 90.7 Å². The molecule has 0 aliphatic heterocycles. The van der Waals surface area contributed by atoms with Crippen LogP contribution >= 0.6 is 0 Å². The minimum absolute atomic E-state index is 0.0671. The molecule has 0 aliphatic rings. The first-order chi connectivity index (χ1) is 10.1. The summed E-state index contributed by atoms with van der Waals surface area (Å²) in [6.07, 6.45) is 2.08. The van der Waals surface area contributed by atoms with E-state index in [4.69, 9.17) is 10.2 Å². The third-order valence-corrected chi connectivity index (χ3v) is 2.79. The lowest BCUT2D eigenvalue weighted by Crippen LogP contribution is -1.80. The number of phenolic OH excluding ortho intramolecular Hbond substituents is 3. The maximum atomic E-state index is 10.1. The highest BCUT2D eigenvalue weighted by Gasteiger charge is 2.02. The largest absolute Gasteiger partial charge is 0.507 e. The number of hydrogen-bond donors (Lipinski definition) is 3. The number of aromatic hydroxyl groups is 3. The van der Waals surface area contributed by atoms with Crippen LogP contribution in [0.4, 0.5) is 0 Å². The molecule has 5 nitrogen and oxygen atoms in total. The first-order valence-electron chi connectivity index (χ1n) is 6.12. The highest BCUT2D eigenvalue weighted by molar-refractivity contribution is 5.84. The number of carbonyl (C=O) groups is 1. The van der Waals surface area contributed by atoms with E-state index >= 15 is 0 Å². The van der Waals surface area contributed by atoms with E-state index in [-0.39, 0.29) is 22.8 Å². The molecule has 0 radical (unpaired) electrons. The van der Waals surface area contributed by atoms with Gasteiger partial charge in [-0.3, -0.25) is 9.78 Å². The summed E-state index contributed by atoms with van der Waals surface area (Å²) in [5.41, 5.74) is 0.595. The number of hydrogen-bond acceptors (Lipinski definition) is 5. The smallest absolute Gasteiger partial charge is 0.157 e. The van der Waals surface area contributed by atoms with Crippen LogP contribution in [0.25, 0.3) is 10.9 Å². The van der Waals surface area contributed by atoms with Gasteiger partial charge >= 0.3 is 0 Å². The van der Waals surface area contributed by atoms with Crippen molar-refractivity contribution in [2.24, 2.45) is 0 Å². The molecule has 1 heterocycles. The fourth-order valence-electron chi connectivity index (χ4n) is 1.75. The maximum absolute atomic E-state index is 10.1. The predicted octanol–water partition coefficient (Wildman–Crippen LogP) is 2.85. The van der Waals surface area contributed by atoms with Gasteiger partial charge in [-0.05, 0) is 24.3 Å². The lowest BCUT2D eigenvalue weighted by Gasteiger charge is -1.97. The van der Waals surface area contributed by atoms with Gasteiger partial charge in [-0.25, -0.2) is 0 Å². The van der Waals surface area contributed by atoms with E-state index in [2.05, 4.69) is 4.98 Å². The summed E-state index contributed by atoms with van der Waals surface area (Å²) in [6, 6.07) is 13.3. The second-order valence-corrected chi connectivity index (χ2v) is 4.18. The van der Waals surface area contributed by atoms with Crippen molar-refractivity contribution >= 4 is 17.2 Å². The van der Waals surface area contributed by atoms with Crippen LogP contribution in [0.3, 0.4) is 0 Å². The number of aldehydes is 1. The highest BCUT2D eigenvalue weighted by atomic mass is 16.3. The first-order valence-corrected chi connectivity index (χ1v) is 6.12. The minimum Gasteiger partial charge on any atom is -0.507 e. The lowest BCUT2D eigenvalue weighted by molar-refractivity contribution is 0.111. The molecule has 5 heteroatoms. The Balaban J connectivity index is 0.000000155. The van der Waals surface area contributed by atoms with Crippen LogP contribution in [0, 0.1) is 0 Å². The van der Waals surface area contributed by atoms with Crippen LogP contribution in [-0.2, 0) is 0 Å². The zero-order chi connectivity index (χ0) is 15.2. The average Bonchev–Trinajstić information content (AvgIpc) is 2.49. The molecule has 3 N–H and O–H groups in total. The molecule has 0 aliphatic carbocycles. The number of aromatic nitrogens is 1. The number of pyridine rings is 1. The standard InChI is InChI=1S/C9H7NO.C7H6O3/c11-8-5-1-3-7-4-2-6-10-9(7)8;8-4-5-6(9)2-1-3-7(5)10/h1-6,11H;1-4,9-10H. The van der Waals surface area contributed by atoms with Crippen LogP contribution in [0.1, 0.15) is 10.4 Å². The fourth-order valence-corrected chi connectivity index (χ4v) is 1.75. The van der Waals surface area contributed by atoms with Crippen LogP contribution in [0.2, 0.25) is 0 Å². The normalized spacial score (nSPS) is 9.71. The predicted molar refractivity (Wildman–Crippen MR) is 78.6 cm³/mol. The van der Waals surface area contributed by atoms with Gasteiger partial charge in [0, 0.05) is 11.6 Å². The van der Waals surface area contributed by atoms with Gasteiger partial charge in [-0.2, -0.15) is 0 Å². The van der Waals surface area contributed by atoms with E-state index < -0.39 is 0 Å². The molecule has 0 saturated heterocycles. The van der Waals surface area contributed by atoms with Crippen molar-refractivity contribution in [3.05, 3.63) is 60.3 Å². The van der Waals surface area contributed by atoms with E-state index in [0.717, 1.165) is 5.39 Å². The van der Waals surface area contributed by atoms with E-state index in [1.807, 2.05) is 18.2 Å². The molecule has 0 amide bonds. The van der Waals surface area contributed by atoms with Gasteiger partial charge in [0.25, 0.3) is 0 Å². The van der Waals surface area contributed by atoms with E-state index in [1.54, 1.807) is 18.3 Å². The average molecular weight is 283 g/mol. The van der Waals surface area contributed by atoms with E-state index in [9.17, 15) is 9.90 Å². The number of nitrogens with zero attached hydrogens (tertiary/aromatic N) is 1. The number of carbonyl (C=O) groups excluding carboxylic acids is 1. The van der Waals surface area contributed by atoms with Crippen molar-refractivity contribution in [1.29, 1.82) is 0 Å². The van der Waals surface area contributed by atoms with E-state index in [1.165, 1.54) is 18.2 Å². The number of rotatable bonds is 1. The van der Waals surface area contributed by atoms with Crippen LogP contribution in [-0.4, -0.2) is 26.6 Å². The number of para-hydroxylation sites is 1. The van der Waals surface area contributed by atoms with Crippen LogP contribution in [0.5, 0.6) is 17.2 Å². The Hall–Kier alpha value is -3.08. The van der Waals surface area contributed by atoms with Gasteiger partial charge in [-0.1, -0.05) is 24.3 Å². The summed E-state index contributed by atoms with van der Waals surface area (Å²) in [6.45, 7) is 0. The van der Waals surface area contributed by atoms with Crippen LogP contribution in [0.15, 0.2) is 54.7 Å². The Morgan fingerprint density at radius 3 is 1.95 bits per heavy atom. The Morgan fingerprint density at radius 2 is 1.38 bits per heavy atom. The van der Waals surface area contributed by atoms with Crippen molar-refractivity contribution in [2.45, 2.75) is 0 Å². The zero-order valence-corrected chi connectivity index (χ0v) is 11.0. The quantitative estimate of drug-likeness (QED) is 0.597. The molecular formula is C16H13NO4. The second kappa shape index (κ2) is 6.38. The van der Waals surface area contributed by atoms with Gasteiger partial charge in [-0.15, -0.1) is 0 Å². The Kier molecular flexibility index (Phi) is 4.36. The Labute approximate surface area is 120 Å². The molecule has 0 atom stereocenters.